The highest BCUT2D eigenvalue weighted by Crippen LogP contribution is 2.28. The fourth-order valence-electron chi connectivity index (χ4n) is 5.06. The Morgan fingerprint density at radius 1 is 0.906 bits per heavy atom. The molecule has 2 saturated heterocycles. The topological polar surface area (TPSA) is 104 Å². The molecule has 0 radical (unpaired) electrons. The third-order valence-electron chi connectivity index (χ3n) is 6.98. The largest absolute Gasteiger partial charge is 0.352 e. The van der Waals surface area contributed by atoms with Crippen molar-refractivity contribution < 1.29 is 21.6 Å². The molecule has 0 saturated carbocycles. The highest BCUT2D eigenvalue weighted by Gasteiger charge is 2.34. The van der Waals surface area contributed by atoms with Crippen LogP contribution in [0.1, 0.15) is 49.7 Å². The minimum absolute atomic E-state index is 0.101. The van der Waals surface area contributed by atoms with Gasteiger partial charge in [-0.05, 0) is 74.6 Å². The molecule has 2 heterocycles. The van der Waals surface area contributed by atoms with Crippen molar-refractivity contribution in [1.82, 2.24) is 13.9 Å². The van der Waals surface area contributed by atoms with Gasteiger partial charge in [0.1, 0.15) is 0 Å². The van der Waals surface area contributed by atoms with Crippen LogP contribution in [0.4, 0.5) is 0 Å². The minimum Gasteiger partial charge on any atom is -0.352 e. The lowest BCUT2D eigenvalue weighted by Gasteiger charge is -2.34. The molecule has 178 valence electrons. The number of carbonyl (C=O) groups excluding carboxylic acids is 1. The lowest BCUT2D eigenvalue weighted by Crippen LogP contribution is -2.51. The molecular formula is C22H33N3O5S2. The van der Waals surface area contributed by atoms with Crippen LogP contribution in [0.2, 0.25) is 0 Å². The molecule has 32 heavy (non-hydrogen) atoms. The Morgan fingerprint density at radius 2 is 1.59 bits per heavy atom. The molecule has 1 atom stereocenters. The third kappa shape index (κ3) is 5.18. The zero-order valence-electron chi connectivity index (χ0n) is 18.6. The van der Waals surface area contributed by atoms with Crippen molar-refractivity contribution >= 4 is 26.0 Å². The Balaban J connectivity index is 1.34. The van der Waals surface area contributed by atoms with Gasteiger partial charge >= 0.3 is 0 Å². The average Bonchev–Trinajstić information content (AvgIpc) is 2.78. The molecule has 1 aromatic rings. The van der Waals surface area contributed by atoms with E-state index in [1.54, 1.807) is 6.07 Å². The van der Waals surface area contributed by atoms with E-state index < -0.39 is 20.0 Å². The number of aryl methyl sites for hydroxylation is 2. The van der Waals surface area contributed by atoms with Gasteiger partial charge in [0.2, 0.25) is 26.0 Å². The van der Waals surface area contributed by atoms with E-state index in [0.717, 1.165) is 44.1 Å². The number of nitrogens with zero attached hydrogens (tertiary/aromatic N) is 2. The molecule has 8 nitrogen and oxygen atoms in total. The molecule has 4 rings (SSSR count). The van der Waals surface area contributed by atoms with Crippen LogP contribution in [-0.4, -0.2) is 69.8 Å². The fourth-order valence-corrected chi connectivity index (χ4v) is 7.49. The molecule has 0 bridgehead atoms. The van der Waals surface area contributed by atoms with Crippen LogP contribution in [0.15, 0.2) is 23.1 Å². The molecule has 1 amide bonds. The zero-order valence-corrected chi connectivity index (χ0v) is 20.3. The molecule has 1 aromatic carbocycles. The smallest absolute Gasteiger partial charge is 0.243 e. The van der Waals surface area contributed by atoms with Gasteiger partial charge in [0.15, 0.2) is 0 Å². The van der Waals surface area contributed by atoms with E-state index in [-0.39, 0.29) is 17.9 Å². The van der Waals surface area contributed by atoms with Gasteiger partial charge in [-0.25, -0.2) is 21.1 Å². The van der Waals surface area contributed by atoms with Crippen LogP contribution >= 0.6 is 0 Å². The summed E-state index contributed by atoms with van der Waals surface area (Å²) in [6.45, 7) is 1.43. The van der Waals surface area contributed by atoms with Crippen LogP contribution in [0.3, 0.4) is 0 Å². The highest BCUT2D eigenvalue weighted by atomic mass is 32.2. The molecule has 1 N–H and O–H groups in total. The maximum Gasteiger partial charge on any atom is 0.243 e. The maximum absolute atomic E-state index is 13.2. The average molecular weight is 484 g/mol. The Kier molecular flexibility index (Phi) is 6.95. The molecule has 2 aliphatic heterocycles. The number of fused-ring (bicyclic) bond motifs is 1. The molecule has 3 aliphatic rings. The molecule has 0 spiro atoms. The van der Waals surface area contributed by atoms with Crippen molar-refractivity contribution in [1.29, 1.82) is 0 Å². The number of rotatable bonds is 5. The summed E-state index contributed by atoms with van der Waals surface area (Å²) < 4.78 is 52.8. The number of amides is 1. The van der Waals surface area contributed by atoms with Crippen molar-refractivity contribution in [2.24, 2.45) is 5.92 Å². The van der Waals surface area contributed by atoms with Gasteiger partial charge in [0, 0.05) is 38.1 Å². The number of nitrogens with one attached hydrogen (secondary N) is 1. The van der Waals surface area contributed by atoms with Crippen LogP contribution < -0.4 is 5.32 Å². The molecule has 1 unspecified atom stereocenters. The van der Waals surface area contributed by atoms with Gasteiger partial charge in [-0.15, -0.1) is 0 Å². The van der Waals surface area contributed by atoms with Crippen molar-refractivity contribution in [2.75, 3.05) is 32.4 Å². The third-order valence-corrected chi connectivity index (χ3v) is 10.1. The van der Waals surface area contributed by atoms with Gasteiger partial charge in [-0.2, -0.15) is 4.31 Å². The van der Waals surface area contributed by atoms with E-state index in [1.807, 2.05) is 12.1 Å². The quantitative estimate of drug-likeness (QED) is 0.684. The Labute approximate surface area is 191 Å². The lowest BCUT2D eigenvalue weighted by molar-refractivity contribution is -0.127. The number of hydrogen-bond donors (Lipinski definition) is 1. The van der Waals surface area contributed by atoms with Crippen LogP contribution in [0.5, 0.6) is 0 Å². The summed E-state index contributed by atoms with van der Waals surface area (Å²) in [7, 11) is -6.83. The summed E-state index contributed by atoms with van der Waals surface area (Å²) in [6.07, 6.45) is 7.80. The van der Waals surface area contributed by atoms with Gasteiger partial charge in [-0.3, -0.25) is 4.79 Å². The van der Waals surface area contributed by atoms with Gasteiger partial charge in [0.25, 0.3) is 0 Å². The highest BCUT2D eigenvalue weighted by molar-refractivity contribution is 7.89. The first-order chi connectivity index (χ1) is 15.1. The minimum atomic E-state index is -3.57. The SMILES string of the molecule is CS(=O)(=O)N1CCCC(NC(=O)C2CCN(S(=O)(=O)c3ccc4c(c3)CCCC4)CC2)C1. The van der Waals surface area contributed by atoms with Crippen molar-refractivity contribution in [2.45, 2.75) is 62.3 Å². The summed E-state index contributed by atoms with van der Waals surface area (Å²) in [5.41, 5.74) is 2.39. The second-order valence-electron chi connectivity index (χ2n) is 9.28. The van der Waals surface area contributed by atoms with Gasteiger partial charge in [0.05, 0.1) is 11.2 Å². The first-order valence-electron chi connectivity index (χ1n) is 11.5. The van der Waals surface area contributed by atoms with Crippen LogP contribution in [0, 0.1) is 5.92 Å². The second kappa shape index (κ2) is 9.40. The summed E-state index contributed by atoms with van der Waals surface area (Å²) >= 11 is 0. The van der Waals surface area contributed by atoms with E-state index in [2.05, 4.69) is 5.32 Å². The molecule has 1 aliphatic carbocycles. The van der Waals surface area contributed by atoms with E-state index in [9.17, 15) is 21.6 Å². The van der Waals surface area contributed by atoms with Gasteiger partial charge < -0.3 is 5.32 Å². The lowest BCUT2D eigenvalue weighted by atomic mass is 9.92. The number of benzene rings is 1. The van der Waals surface area contributed by atoms with Crippen LogP contribution in [0.25, 0.3) is 0 Å². The van der Waals surface area contributed by atoms with Crippen molar-refractivity contribution in [3.8, 4) is 0 Å². The predicted molar refractivity (Wildman–Crippen MR) is 122 cm³/mol. The first kappa shape index (κ1) is 23.7. The number of sulfonamides is 2. The molecule has 2 fully saturated rings. The second-order valence-corrected chi connectivity index (χ2v) is 13.2. The molecule has 0 aromatic heterocycles. The summed E-state index contributed by atoms with van der Waals surface area (Å²) in [5.74, 6) is -0.352. The molecular weight excluding hydrogens is 450 g/mol. The number of hydrogen-bond acceptors (Lipinski definition) is 5. The van der Waals surface area contributed by atoms with Crippen molar-refractivity contribution in [3.05, 3.63) is 29.3 Å². The normalized spacial score (nSPS) is 24.1. The Bertz CT molecular complexity index is 1060. The zero-order chi connectivity index (χ0) is 22.9. The summed E-state index contributed by atoms with van der Waals surface area (Å²) in [5, 5.41) is 3.00. The standard InChI is InChI=1S/C22H33N3O5S2/c1-31(27,28)25-12-4-7-20(16-25)23-22(26)18-10-13-24(14-11-18)32(29,30)21-9-8-17-5-2-3-6-19(17)15-21/h8-9,15,18,20H,2-7,10-14,16H2,1H3,(H,23,26). The van der Waals surface area contributed by atoms with Gasteiger partial charge in [-0.1, -0.05) is 6.07 Å². The van der Waals surface area contributed by atoms with E-state index >= 15 is 0 Å². The monoisotopic (exact) mass is 483 g/mol. The maximum atomic E-state index is 13.2. The van der Waals surface area contributed by atoms with E-state index in [1.165, 1.54) is 20.4 Å². The van der Waals surface area contributed by atoms with Crippen LogP contribution in [-0.2, 0) is 37.7 Å². The summed E-state index contributed by atoms with van der Waals surface area (Å²) in [6, 6.07) is 5.31. The first-order valence-corrected chi connectivity index (χ1v) is 14.8. The Hall–Kier alpha value is -1.49. The molecule has 10 heteroatoms. The van der Waals surface area contributed by atoms with Crippen molar-refractivity contribution in [3.63, 3.8) is 0 Å². The fraction of sp³-hybridized carbons (Fsp3) is 0.682. The number of carbonyl (C=O) groups is 1. The summed E-state index contributed by atoms with van der Waals surface area (Å²) in [4.78, 5) is 13.1. The van der Waals surface area contributed by atoms with E-state index in [4.69, 9.17) is 0 Å². The predicted octanol–water partition coefficient (Wildman–Crippen LogP) is 1.51. The Morgan fingerprint density at radius 3 is 2.28 bits per heavy atom. The number of piperidine rings is 2. The van der Waals surface area contributed by atoms with E-state index in [0.29, 0.717) is 43.9 Å².